The highest BCUT2D eigenvalue weighted by molar-refractivity contribution is 7.80. The third kappa shape index (κ3) is 2.90. The van der Waals surface area contributed by atoms with E-state index >= 15 is 0 Å². The SMILES string of the molecule is CCC1(CNC(=O)CCS)CCC1. The largest absolute Gasteiger partial charge is 0.356 e. The lowest BCUT2D eigenvalue weighted by Gasteiger charge is -2.41. The zero-order valence-electron chi connectivity index (χ0n) is 8.31. The maximum Gasteiger partial charge on any atom is 0.220 e. The van der Waals surface area contributed by atoms with Crippen LogP contribution in [-0.4, -0.2) is 18.2 Å². The Kier molecular flexibility index (Phi) is 4.10. The summed E-state index contributed by atoms with van der Waals surface area (Å²) in [7, 11) is 0. The smallest absolute Gasteiger partial charge is 0.220 e. The number of hydrogen-bond acceptors (Lipinski definition) is 2. The molecule has 0 aromatic heterocycles. The lowest BCUT2D eigenvalue weighted by atomic mass is 9.67. The molecule has 1 fully saturated rings. The van der Waals surface area contributed by atoms with Crippen LogP contribution in [0.1, 0.15) is 39.0 Å². The molecule has 0 bridgehead atoms. The molecule has 0 aromatic rings. The van der Waals surface area contributed by atoms with Crippen molar-refractivity contribution in [1.82, 2.24) is 5.32 Å². The second kappa shape index (κ2) is 4.89. The normalized spacial score (nSPS) is 19.2. The van der Waals surface area contributed by atoms with Crippen molar-refractivity contribution < 1.29 is 4.79 Å². The fourth-order valence-corrected chi connectivity index (χ4v) is 2.01. The van der Waals surface area contributed by atoms with Gasteiger partial charge < -0.3 is 5.32 Å². The maximum absolute atomic E-state index is 11.2. The number of thiol groups is 1. The van der Waals surface area contributed by atoms with Gasteiger partial charge in [-0.1, -0.05) is 13.3 Å². The highest BCUT2D eigenvalue weighted by atomic mass is 32.1. The first kappa shape index (κ1) is 10.9. The van der Waals surface area contributed by atoms with Gasteiger partial charge in [-0.3, -0.25) is 4.79 Å². The van der Waals surface area contributed by atoms with Gasteiger partial charge >= 0.3 is 0 Å². The lowest BCUT2D eigenvalue weighted by Crippen LogP contribution is -2.41. The van der Waals surface area contributed by atoms with Gasteiger partial charge in [0.1, 0.15) is 0 Å². The molecule has 0 aromatic carbocycles. The van der Waals surface area contributed by atoms with Crippen LogP contribution in [0.25, 0.3) is 0 Å². The summed E-state index contributed by atoms with van der Waals surface area (Å²) >= 11 is 4.02. The zero-order chi connectivity index (χ0) is 9.73. The van der Waals surface area contributed by atoms with Crippen LogP contribution in [0.3, 0.4) is 0 Å². The fourth-order valence-electron chi connectivity index (χ4n) is 1.81. The van der Waals surface area contributed by atoms with E-state index in [9.17, 15) is 4.79 Å². The van der Waals surface area contributed by atoms with Crippen LogP contribution in [0, 0.1) is 5.41 Å². The van der Waals surface area contributed by atoms with Gasteiger partial charge in [0.25, 0.3) is 0 Å². The van der Waals surface area contributed by atoms with Crippen LogP contribution < -0.4 is 5.32 Å². The second-order valence-corrected chi connectivity index (χ2v) is 4.40. The summed E-state index contributed by atoms with van der Waals surface area (Å²) in [6.07, 6.45) is 5.63. The van der Waals surface area contributed by atoms with Gasteiger partial charge in [0.15, 0.2) is 0 Å². The van der Waals surface area contributed by atoms with Crippen molar-refractivity contribution in [3.05, 3.63) is 0 Å². The summed E-state index contributed by atoms with van der Waals surface area (Å²) in [6, 6.07) is 0. The molecule has 0 heterocycles. The van der Waals surface area contributed by atoms with E-state index < -0.39 is 0 Å². The number of nitrogens with one attached hydrogen (secondary N) is 1. The van der Waals surface area contributed by atoms with Crippen molar-refractivity contribution in [2.75, 3.05) is 12.3 Å². The summed E-state index contributed by atoms with van der Waals surface area (Å²) in [6.45, 7) is 3.08. The highest BCUT2D eigenvalue weighted by Crippen LogP contribution is 2.42. The first-order valence-electron chi connectivity index (χ1n) is 5.10. The Bertz CT molecular complexity index is 172. The van der Waals surface area contributed by atoms with E-state index in [4.69, 9.17) is 0 Å². The summed E-state index contributed by atoms with van der Waals surface area (Å²) in [5.41, 5.74) is 0.437. The minimum Gasteiger partial charge on any atom is -0.356 e. The van der Waals surface area contributed by atoms with E-state index in [0.717, 1.165) is 6.54 Å². The summed E-state index contributed by atoms with van der Waals surface area (Å²) in [5, 5.41) is 2.99. The molecule has 1 rings (SSSR count). The molecule has 1 N–H and O–H groups in total. The molecule has 76 valence electrons. The molecule has 1 saturated carbocycles. The molecule has 1 aliphatic rings. The van der Waals surface area contributed by atoms with Crippen LogP contribution in [0.2, 0.25) is 0 Å². The molecule has 0 aliphatic heterocycles. The number of hydrogen-bond donors (Lipinski definition) is 2. The predicted octanol–water partition coefficient (Wildman–Crippen LogP) is 2.00. The van der Waals surface area contributed by atoms with Gasteiger partial charge in [-0.25, -0.2) is 0 Å². The average molecular weight is 201 g/mol. The Morgan fingerprint density at radius 3 is 2.62 bits per heavy atom. The third-order valence-electron chi connectivity index (χ3n) is 3.16. The molecular weight excluding hydrogens is 182 g/mol. The van der Waals surface area contributed by atoms with Gasteiger partial charge in [-0.2, -0.15) is 12.6 Å². The van der Waals surface area contributed by atoms with E-state index in [0.29, 0.717) is 17.6 Å². The number of carbonyl (C=O) groups is 1. The minimum atomic E-state index is 0.148. The van der Waals surface area contributed by atoms with Crippen molar-refractivity contribution in [3.8, 4) is 0 Å². The average Bonchev–Trinajstić information content (AvgIpc) is 2.04. The molecular formula is C10H19NOS. The monoisotopic (exact) mass is 201 g/mol. The molecule has 2 nitrogen and oxygen atoms in total. The van der Waals surface area contributed by atoms with Crippen molar-refractivity contribution in [1.29, 1.82) is 0 Å². The standard InChI is InChI=1S/C10H19NOS/c1-2-10(5-3-6-10)8-11-9(12)4-7-13/h13H,2-8H2,1H3,(H,11,12). The minimum absolute atomic E-state index is 0.148. The Hall–Kier alpha value is -0.180. The van der Waals surface area contributed by atoms with Crippen molar-refractivity contribution >= 4 is 18.5 Å². The summed E-state index contributed by atoms with van der Waals surface area (Å²) in [5.74, 6) is 0.792. The Balaban J connectivity index is 2.20. The van der Waals surface area contributed by atoms with Crippen molar-refractivity contribution in [2.45, 2.75) is 39.0 Å². The van der Waals surface area contributed by atoms with E-state index in [1.165, 1.54) is 25.7 Å². The molecule has 0 saturated heterocycles. The summed E-state index contributed by atoms with van der Waals surface area (Å²) < 4.78 is 0. The van der Waals surface area contributed by atoms with Gasteiger partial charge in [-0.15, -0.1) is 0 Å². The van der Waals surface area contributed by atoms with Crippen LogP contribution in [0.15, 0.2) is 0 Å². The fraction of sp³-hybridized carbons (Fsp3) is 0.900. The van der Waals surface area contributed by atoms with Gasteiger partial charge in [0.2, 0.25) is 5.91 Å². The Labute approximate surface area is 85.9 Å². The highest BCUT2D eigenvalue weighted by Gasteiger charge is 2.34. The van der Waals surface area contributed by atoms with E-state index in [1.807, 2.05) is 0 Å². The molecule has 3 heteroatoms. The van der Waals surface area contributed by atoms with E-state index in [1.54, 1.807) is 0 Å². The zero-order valence-corrected chi connectivity index (χ0v) is 9.20. The molecule has 13 heavy (non-hydrogen) atoms. The van der Waals surface area contributed by atoms with E-state index in [-0.39, 0.29) is 5.91 Å². The molecule has 1 amide bonds. The van der Waals surface area contributed by atoms with Gasteiger partial charge in [0.05, 0.1) is 0 Å². The molecule has 0 radical (unpaired) electrons. The van der Waals surface area contributed by atoms with Crippen LogP contribution in [0.4, 0.5) is 0 Å². The Morgan fingerprint density at radius 1 is 1.54 bits per heavy atom. The quantitative estimate of drug-likeness (QED) is 0.655. The van der Waals surface area contributed by atoms with Crippen molar-refractivity contribution in [2.24, 2.45) is 5.41 Å². The van der Waals surface area contributed by atoms with E-state index in [2.05, 4.69) is 24.9 Å². The molecule has 0 spiro atoms. The van der Waals surface area contributed by atoms with Gasteiger partial charge in [0, 0.05) is 13.0 Å². The maximum atomic E-state index is 11.2. The predicted molar refractivity (Wildman–Crippen MR) is 58.1 cm³/mol. The van der Waals surface area contributed by atoms with Gasteiger partial charge in [-0.05, 0) is 30.4 Å². The van der Waals surface area contributed by atoms with Crippen LogP contribution in [0.5, 0.6) is 0 Å². The third-order valence-corrected chi connectivity index (χ3v) is 3.39. The lowest BCUT2D eigenvalue weighted by molar-refractivity contribution is -0.121. The molecule has 0 atom stereocenters. The number of carbonyl (C=O) groups excluding carboxylic acids is 1. The van der Waals surface area contributed by atoms with Crippen LogP contribution in [-0.2, 0) is 4.79 Å². The van der Waals surface area contributed by atoms with Crippen molar-refractivity contribution in [3.63, 3.8) is 0 Å². The number of rotatable bonds is 5. The number of amides is 1. The topological polar surface area (TPSA) is 29.1 Å². The second-order valence-electron chi connectivity index (χ2n) is 3.96. The molecule has 0 unspecified atom stereocenters. The first-order chi connectivity index (χ1) is 6.22. The molecule has 1 aliphatic carbocycles. The van der Waals surface area contributed by atoms with Crippen LogP contribution >= 0.6 is 12.6 Å². The first-order valence-corrected chi connectivity index (χ1v) is 5.73. The Morgan fingerprint density at radius 2 is 2.23 bits per heavy atom. The summed E-state index contributed by atoms with van der Waals surface area (Å²) in [4.78, 5) is 11.2.